The van der Waals surface area contributed by atoms with Crippen molar-refractivity contribution < 1.29 is 4.79 Å². The van der Waals surface area contributed by atoms with Gasteiger partial charge in [-0.15, -0.1) is 0 Å². The van der Waals surface area contributed by atoms with Gasteiger partial charge >= 0.3 is 0 Å². The predicted octanol–water partition coefficient (Wildman–Crippen LogP) is 1.99. The molecule has 1 aliphatic heterocycles. The Balaban J connectivity index is 2.04. The van der Waals surface area contributed by atoms with E-state index in [2.05, 4.69) is 42.2 Å². The van der Waals surface area contributed by atoms with Gasteiger partial charge in [-0.25, -0.2) is 0 Å². The second-order valence-corrected chi connectivity index (χ2v) is 5.18. The number of hydrogen-bond donors (Lipinski definition) is 1. The van der Waals surface area contributed by atoms with Gasteiger partial charge in [0.2, 0.25) is 5.91 Å². The van der Waals surface area contributed by atoms with Crippen LogP contribution in [0.2, 0.25) is 0 Å². The van der Waals surface area contributed by atoms with E-state index in [0.29, 0.717) is 18.4 Å². The summed E-state index contributed by atoms with van der Waals surface area (Å²) < 4.78 is 0. The van der Waals surface area contributed by atoms with Crippen molar-refractivity contribution in [3.05, 3.63) is 35.9 Å². The summed E-state index contributed by atoms with van der Waals surface area (Å²) in [7, 11) is 0. The number of benzene rings is 1. The molecule has 3 nitrogen and oxygen atoms in total. The molecular formula is C15H22N2O. The molecule has 0 bridgehead atoms. The lowest BCUT2D eigenvalue weighted by atomic mass is 9.79. The largest absolute Gasteiger partial charge is 0.369 e. The molecule has 1 amide bonds. The molecule has 0 radical (unpaired) electrons. The number of carbonyl (C=O) groups excluding carboxylic acids is 1. The minimum atomic E-state index is -0.219. The number of nitrogens with zero attached hydrogens (tertiary/aromatic N) is 1. The van der Waals surface area contributed by atoms with Crippen molar-refractivity contribution in [1.82, 2.24) is 4.90 Å². The molecule has 0 spiro atoms. The number of rotatable bonds is 4. The lowest BCUT2D eigenvalue weighted by Crippen LogP contribution is -2.43. The average molecular weight is 246 g/mol. The topological polar surface area (TPSA) is 46.3 Å². The fourth-order valence-electron chi connectivity index (χ4n) is 3.02. The van der Waals surface area contributed by atoms with Gasteiger partial charge in [-0.1, -0.05) is 43.7 Å². The molecule has 0 aromatic heterocycles. The summed E-state index contributed by atoms with van der Waals surface area (Å²) in [6, 6.07) is 10.7. The van der Waals surface area contributed by atoms with Gasteiger partial charge < -0.3 is 5.73 Å². The highest BCUT2D eigenvalue weighted by Crippen LogP contribution is 2.34. The molecule has 98 valence electrons. The number of piperidine rings is 1. The van der Waals surface area contributed by atoms with Crippen molar-refractivity contribution in [2.75, 3.05) is 19.6 Å². The molecule has 1 fully saturated rings. The van der Waals surface area contributed by atoms with Crippen LogP contribution in [0.3, 0.4) is 0 Å². The van der Waals surface area contributed by atoms with Crippen LogP contribution in [0.5, 0.6) is 0 Å². The third-order valence-electron chi connectivity index (χ3n) is 3.95. The highest BCUT2D eigenvalue weighted by atomic mass is 16.1. The zero-order valence-corrected chi connectivity index (χ0v) is 11.0. The summed E-state index contributed by atoms with van der Waals surface area (Å²) in [5.74, 6) is 1.03. The molecule has 1 aromatic rings. The molecule has 0 aliphatic carbocycles. The number of nitrogens with two attached hydrogens (primary N) is 1. The number of amides is 1. The molecular weight excluding hydrogens is 224 g/mol. The fraction of sp³-hybridized carbons (Fsp3) is 0.533. The van der Waals surface area contributed by atoms with Gasteiger partial charge in [-0.3, -0.25) is 9.69 Å². The van der Waals surface area contributed by atoms with E-state index in [-0.39, 0.29) is 5.91 Å². The Bertz CT molecular complexity index is 391. The zero-order valence-electron chi connectivity index (χ0n) is 11.0. The van der Waals surface area contributed by atoms with Crippen molar-refractivity contribution in [3.63, 3.8) is 0 Å². The smallest absolute Gasteiger partial charge is 0.231 e. The first kappa shape index (κ1) is 13.1. The number of primary amides is 1. The van der Waals surface area contributed by atoms with Crippen LogP contribution in [0.25, 0.3) is 0 Å². The quantitative estimate of drug-likeness (QED) is 0.883. The first-order valence-corrected chi connectivity index (χ1v) is 6.76. The van der Waals surface area contributed by atoms with Crippen molar-refractivity contribution in [1.29, 1.82) is 0 Å². The van der Waals surface area contributed by atoms with Crippen LogP contribution >= 0.6 is 0 Å². The van der Waals surface area contributed by atoms with Gasteiger partial charge in [0.15, 0.2) is 0 Å². The Morgan fingerprint density at radius 3 is 2.72 bits per heavy atom. The van der Waals surface area contributed by atoms with Gasteiger partial charge in [0.25, 0.3) is 0 Å². The van der Waals surface area contributed by atoms with Crippen LogP contribution in [0, 0.1) is 5.92 Å². The van der Waals surface area contributed by atoms with E-state index in [4.69, 9.17) is 5.73 Å². The number of carbonyl (C=O) groups is 1. The van der Waals surface area contributed by atoms with E-state index >= 15 is 0 Å². The normalized spacial score (nSPS) is 24.9. The van der Waals surface area contributed by atoms with Crippen LogP contribution < -0.4 is 5.73 Å². The first-order chi connectivity index (χ1) is 8.70. The molecule has 18 heavy (non-hydrogen) atoms. The van der Waals surface area contributed by atoms with Gasteiger partial charge in [0, 0.05) is 6.54 Å². The fourth-order valence-corrected chi connectivity index (χ4v) is 3.02. The first-order valence-electron chi connectivity index (χ1n) is 6.76. The van der Waals surface area contributed by atoms with E-state index in [1.165, 1.54) is 5.56 Å². The molecule has 0 unspecified atom stereocenters. The summed E-state index contributed by atoms with van der Waals surface area (Å²) in [5, 5.41) is 0. The maximum Gasteiger partial charge on any atom is 0.231 e. The van der Waals surface area contributed by atoms with E-state index in [1.54, 1.807) is 0 Å². The molecule has 1 heterocycles. The Morgan fingerprint density at radius 2 is 2.11 bits per heavy atom. The second-order valence-electron chi connectivity index (χ2n) is 5.18. The van der Waals surface area contributed by atoms with Gasteiger partial charge in [0.1, 0.15) is 0 Å². The summed E-state index contributed by atoms with van der Waals surface area (Å²) in [5.41, 5.74) is 6.71. The molecule has 2 atom stereocenters. The third-order valence-corrected chi connectivity index (χ3v) is 3.95. The van der Waals surface area contributed by atoms with Gasteiger partial charge in [0.05, 0.1) is 6.54 Å². The lowest BCUT2D eigenvalue weighted by molar-refractivity contribution is -0.119. The minimum Gasteiger partial charge on any atom is -0.369 e. The van der Waals surface area contributed by atoms with E-state index in [1.807, 2.05) is 0 Å². The van der Waals surface area contributed by atoms with Crippen LogP contribution in [-0.4, -0.2) is 30.4 Å². The summed E-state index contributed by atoms with van der Waals surface area (Å²) in [6.07, 6.45) is 2.27. The van der Waals surface area contributed by atoms with Crippen LogP contribution in [0.15, 0.2) is 30.3 Å². The Morgan fingerprint density at radius 1 is 1.39 bits per heavy atom. The summed E-state index contributed by atoms with van der Waals surface area (Å²) in [4.78, 5) is 13.2. The lowest BCUT2D eigenvalue weighted by Gasteiger charge is -2.38. The van der Waals surface area contributed by atoms with E-state index < -0.39 is 0 Å². The zero-order chi connectivity index (χ0) is 13.0. The third kappa shape index (κ3) is 3.10. The van der Waals surface area contributed by atoms with Gasteiger partial charge in [-0.2, -0.15) is 0 Å². The highest BCUT2D eigenvalue weighted by molar-refractivity contribution is 5.75. The molecule has 2 rings (SSSR count). The molecule has 1 saturated heterocycles. The number of likely N-dealkylation sites (tertiary alicyclic amines) is 1. The molecule has 1 aliphatic rings. The SMILES string of the molecule is CC[C@@H]1CN(CC(N)=O)CC[C@@H]1c1ccccc1. The van der Waals surface area contributed by atoms with Crippen molar-refractivity contribution in [3.8, 4) is 0 Å². The number of hydrogen-bond acceptors (Lipinski definition) is 2. The van der Waals surface area contributed by atoms with Crippen molar-refractivity contribution >= 4 is 5.91 Å². The van der Waals surface area contributed by atoms with Crippen molar-refractivity contribution in [2.24, 2.45) is 11.7 Å². The Hall–Kier alpha value is -1.35. The van der Waals surface area contributed by atoms with Crippen LogP contribution in [-0.2, 0) is 4.79 Å². The maximum atomic E-state index is 11.0. The molecule has 3 heteroatoms. The van der Waals surface area contributed by atoms with E-state index in [9.17, 15) is 4.79 Å². The predicted molar refractivity (Wildman–Crippen MR) is 73.2 cm³/mol. The highest BCUT2D eigenvalue weighted by Gasteiger charge is 2.29. The monoisotopic (exact) mass is 246 g/mol. The minimum absolute atomic E-state index is 0.219. The Kier molecular flexibility index (Phi) is 4.37. The summed E-state index contributed by atoms with van der Waals surface area (Å²) >= 11 is 0. The maximum absolute atomic E-state index is 11.0. The standard InChI is InChI=1S/C15H22N2O/c1-2-12-10-17(11-15(16)18)9-8-14(12)13-6-4-3-5-7-13/h3-7,12,14H,2,8-11H2,1H3,(H2,16,18)/t12-,14+/m1/s1. The Labute approximate surface area is 109 Å². The van der Waals surface area contributed by atoms with Crippen molar-refractivity contribution in [2.45, 2.75) is 25.7 Å². The van der Waals surface area contributed by atoms with Gasteiger partial charge in [-0.05, 0) is 30.4 Å². The second kappa shape index (κ2) is 6.01. The molecule has 0 saturated carbocycles. The van der Waals surface area contributed by atoms with E-state index in [0.717, 1.165) is 25.9 Å². The van der Waals surface area contributed by atoms with Crippen LogP contribution in [0.1, 0.15) is 31.2 Å². The van der Waals surface area contributed by atoms with Crippen LogP contribution in [0.4, 0.5) is 0 Å². The molecule has 2 N–H and O–H groups in total. The summed E-state index contributed by atoms with van der Waals surface area (Å²) in [6.45, 7) is 4.59. The molecule has 1 aromatic carbocycles. The average Bonchev–Trinajstić information content (AvgIpc) is 2.39.